The average Bonchev–Trinajstić information content (AvgIpc) is 2.86. The van der Waals surface area contributed by atoms with E-state index in [0.29, 0.717) is 25.9 Å². The molecule has 0 radical (unpaired) electrons. The second-order valence-electron chi connectivity index (χ2n) is 9.80. The van der Waals surface area contributed by atoms with Crippen LogP contribution in [0.25, 0.3) is 0 Å². The van der Waals surface area contributed by atoms with Crippen LogP contribution in [0.4, 0.5) is 9.59 Å². The smallest absolute Gasteiger partial charge is 0.435 e. The Morgan fingerprint density at radius 1 is 0.892 bits per heavy atom. The SMILES string of the molecule is CC(C)(C)OC(=O)NC1CCN(C(CC(=O)OCc2ccccc2)=NC(=O)OCc2ccccc2)CC1. The van der Waals surface area contributed by atoms with Gasteiger partial charge in [-0.2, -0.15) is 4.99 Å². The van der Waals surface area contributed by atoms with E-state index in [4.69, 9.17) is 14.2 Å². The number of amidine groups is 1. The highest BCUT2D eigenvalue weighted by atomic mass is 16.6. The van der Waals surface area contributed by atoms with Crippen molar-refractivity contribution in [2.45, 2.75) is 64.9 Å². The maximum absolute atomic E-state index is 12.6. The predicted molar refractivity (Wildman–Crippen MR) is 139 cm³/mol. The summed E-state index contributed by atoms with van der Waals surface area (Å²) in [6, 6.07) is 18.6. The molecule has 0 saturated carbocycles. The van der Waals surface area contributed by atoms with Crippen molar-refractivity contribution in [1.82, 2.24) is 10.2 Å². The number of nitrogens with zero attached hydrogens (tertiary/aromatic N) is 2. The number of benzene rings is 2. The maximum Gasteiger partial charge on any atom is 0.435 e. The van der Waals surface area contributed by atoms with Crippen LogP contribution in [0.3, 0.4) is 0 Å². The van der Waals surface area contributed by atoms with Crippen LogP contribution < -0.4 is 5.32 Å². The molecule has 9 nitrogen and oxygen atoms in total. The molecule has 2 aromatic rings. The van der Waals surface area contributed by atoms with Gasteiger partial charge in [-0.15, -0.1) is 0 Å². The number of alkyl carbamates (subject to hydrolysis) is 1. The molecule has 2 amide bonds. The van der Waals surface area contributed by atoms with Crippen LogP contribution in [0.5, 0.6) is 0 Å². The Labute approximate surface area is 217 Å². The van der Waals surface area contributed by atoms with Crippen molar-refractivity contribution >= 4 is 24.0 Å². The summed E-state index contributed by atoms with van der Waals surface area (Å²) in [5, 5.41) is 2.88. The highest BCUT2D eigenvalue weighted by molar-refractivity contribution is 6.01. The number of amides is 2. The number of nitrogens with one attached hydrogen (secondary N) is 1. The Hall–Kier alpha value is -3.88. The molecule has 198 valence electrons. The molecule has 0 bridgehead atoms. The summed E-state index contributed by atoms with van der Waals surface area (Å²) >= 11 is 0. The van der Waals surface area contributed by atoms with Gasteiger partial charge in [0.2, 0.25) is 0 Å². The Kier molecular flexibility index (Phi) is 10.1. The van der Waals surface area contributed by atoms with E-state index in [1.165, 1.54) is 0 Å². The molecule has 1 aliphatic rings. The Morgan fingerprint density at radius 3 is 1.97 bits per heavy atom. The first kappa shape index (κ1) is 27.7. The van der Waals surface area contributed by atoms with Gasteiger partial charge in [0.1, 0.15) is 31.1 Å². The summed E-state index contributed by atoms with van der Waals surface area (Å²) in [5.41, 5.74) is 1.12. The molecule has 0 aromatic heterocycles. The molecule has 1 fully saturated rings. The van der Waals surface area contributed by atoms with Crippen molar-refractivity contribution in [3.63, 3.8) is 0 Å². The fraction of sp³-hybridized carbons (Fsp3) is 0.429. The lowest BCUT2D eigenvalue weighted by atomic mass is 10.0. The van der Waals surface area contributed by atoms with Gasteiger partial charge in [0.25, 0.3) is 0 Å². The summed E-state index contributed by atoms with van der Waals surface area (Å²) in [7, 11) is 0. The van der Waals surface area contributed by atoms with Crippen LogP contribution >= 0.6 is 0 Å². The minimum Gasteiger partial charge on any atom is -0.460 e. The lowest BCUT2D eigenvalue weighted by Gasteiger charge is -2.34. The minimum atomic E-state index is -0.774. The minimum absolute atomic E-state index is 0.0801. The zero-order valence-corrected chi connectivity index (χ0v) is 21.6. The van der Waals surface area contributed by atoms with E-state index in [0.717, 1.165) is 11.1 Å². The number of rotatable bonds is 7. The number of likely N-dealkylation sites (tertiary alicyclic amines) is 1. The van der Waals surface area contributed by atoms with Crippen molar-refractivity contribution in [3.8, 4) is 0 Å². The number of hydrogen-bond acceptors (Lipinski definition) is 6. The average molecular weight is 510 g/mol. The quantitative estimate of drug-likeness (QED) is 0.246. The molecule has 0 unspecified atom stereocenters. The first-order valence-electron chi connectivity index (χ1n) is 12.4. The Morgan fingerprint density at radius 2 is 1.43 bits per heavy atom. The molecule has 1 saturated heterocycles. The Bertz CT molecular complexity index is 1060. The monoisotopic (exact) mass is 509 g/mol. The molecule has 0 atom stereocenters. The van der Waals surface area contributed by atoms with Gasteiger partial charge in [0.05, 0.1) is 0 Å². The zero-order chi connectivity index (χ0) is 26.7. The largest absolute Gasteiger partial charge is 0.460 e. The van der Waals surface area contributed by atoms with Crippen molar-refractivity contribution in [2.75, 3.05) is 13.1 Å². The molecule has 37 heavy (non-hydrogen) atoms. The van der Waals surface area contributed by atoms with Crippen molar-refractivity contribution in [2.24, 2.45) is 4.99 Å². The maximum atomic E-state index is 12.6. The number of carbonyl (C=O) groups excluding carboxylic acids is 3. The van der Waals surface area contributed by atoms with Crippen molar-refractivity contribution in [1.29, 1.82) is 0 Å². The third-order valence-electron chi connectivity index (χ3n) is 5.55. The summed E-state index contributed by atoms with van der Waals surface area (Å²) in [6.45, 7) is 6.64. The molecule has 0 spiro atoms. The third kappa shape index (κ3) is 10.3. The highest BCUT2D eigenvalue weighted by Crippen LogP contribution is 2.15. The standard InChI is InChI=1S/C28H35N3O6/c1-28(2,3)37-27(34)29-23-14-16-31(17-15-23)24(18-25(32)35-19-21-10-6-4-7-11-21)30-26(33)36-20-22-12-8-5-9-13-22/h4-13,23H,14-20H2,1-3H3,(H,29,34). The third-order valence-corrected chi connectivity index (χ3v) is 5.55. The van der Waals surface area contributed by atoms with Crippen LogP contribution in [0, 0.1) is 0 Å². The van der Waals surface area contributed by atoms with Gasteiger partial charge >= 0.3 is 18.2 Å². The van der Waals surface area contributed by atoms with E-state index in [1.807, 2.05) is 86.3 Å². The summed E-state index contributed by atoms with van der Waals surface area (Å²) in [5.74, 6) is -0.209. The van der Waals surface area contributed by atoms with Gasteiger partial charge in [-0.25, -0.2) is 9.59 Å². The van der Waals surface area contributed by atoms with E-state index in [-0.39, 0.29) is 31.5 Å². The van der Waals surface area contributed by atoms with E-state index in [9.17, 15) is 14.4 Å². The number of esters is 1. The van der Waals surface area contributed by atoms with Crippen LogP contribution in [0.15, 0.2) is 65.7 Å². The molecule has 3 rings (SSSR count). The van der Waals surface area contributed by atoms with Crippen LogP contribution in [-0.4, -0.2) is 53.6 Å². The number of ether oxygens (including phenoxy) is 3. The van der Waals surface area contributed by atoms with E-state index in [1.54, 1.807) is 0 Å². The van der Waals surface area contributed by atoms with Gasteiger partial charge < -0.3 is 24.4 Å². The van der Waals surface area contributed by atoms with E-state index < -0.39 is 23.8 Å². The van der Waals surface area contributed by atoms with Crippen LogP contribution in [0.1, 0.15) is 51.2 Å². The number of carbonyl (C=O) groups is 3. The summed E-state index contributed by atoms with van der Waals surface area (Å²) < 4.78 is 16.0. The number of hydrogen-bond donors (Lipinski definition) is 1. The molecule has 1 aliphatic heterocycles. The number of piperidine rings is 1. The molecule has 1 N–H and O–H groups in total. The van der Waals surface area contributed by atoms with Gasteiger partial charge in [-0.1, -0.05) is 60.7 Å². The summed E-state index contributed by atoms with van der Waals surface area (Å²) in [4.78, 5) is 43.2. The molecule has 2 aromatic carbocycles. The topological polar surface area (TPSA) is 107 Å². The second-order valence-corrected chi connectivity index (χ2v) is 9.80. The van der Waals surface area contributed by atoms with Crippen LogP contribution in [0.2, 0.25) is 0 Å². The summed E-state index contributed by atoms with van der Waals surface area (Å²) in [6.07, 6.45) is -0.193. The molecule has 0 aliphatic carbocycles. The molecular formula is C28H35N3O6. The fourth-order valence-electron chi connectivity index (χ4n) is 3.75. The fourth-order valence-corrected chi connectivity index (χ4v) is 3.75. The Balaban J connectivity index is 1.60. The first-order valence-corrected chi connectivity index (χ1v) is 12.4. The normalized spacial score (nSPS) is 14.6. The van der Waals surface area contributed by atoms with Gasteiger partial charge in [-0.3, -0.25) is 4.79 Å². The van der Waals surface area contributed by atoms with E-state index in [2.05, 4.69) is 10.3 Å². The lowest BCUT2D eigenvalue weighted by molar-refractivity contribution is -0.143. The lowest BCUT2D eigenvalue weighted by Crippen LogP contribution is -2.48. The van der Waals surface area contributed by atoms with Crippen LogP contribution in [-0.2, 0) is 32.2 Å². The van der Waals surface area contributed by atoms with Crippen molar-refractivity contribution in [3.05, 3.63) is 71.8 Å². The first-order chi connectivity index (χ1) is 17.7. The molecular weight excluding hydrogens is 474 g/mol. The number of aliphatic imine (C=N–C) groups is 1. The van der Waals surface area contributed by atoms with E-state index >= 15 is 0 Å². The van der Waals surface area contributed by atoms with Gasteiger partial charge in [0, 0.05) is 19.1 Å². The second kappa shape index (κ2) is 13.4. The van der Waals surface area contributed by atoms with Gasteiger partial charge in [0.15, 0.2) is 0 Å². The zero-order valence-electron chi connectivity index (χ0n) is 21.6. The molecule has 1 heterocycles. The predicted octanol–water partition coefficient (Wildman–Crippen LogP) is 4.84. The highest BCUT2D eigenvalue weighted by Gasteiger charge is 2.27. The van der Waals surface area contributed by atoms with Crippen molar-refractivity contribution < 1.29 is 28.6 Å². The molecule has 9 heteroatoms. The van der Waals surface area contributed by atoms with Gasteiger partial charge in [-0.05, 0) is 44.7 Å².